The average molecular weight is 322 g/mol. The van der Waals surface area contributed by atoms with E-state index >= 15 is 0 Å². The van der Waals surface area contributed by atoms with Gasteiger partial charge in [0.05, 0.1) is 7.11 Å². The zero-order valence-corrected chi connectivity index (χ0v) is 12.1. The van der Waals surface area contributed by atoms with Crippen molar-refractivity contribution in [1.29, 1.82) is 0 Å². The van der Waals surface area contributed by atoms with Gasteiger partial charge in [0.25, 0.3) is 5.91 Å². The summed E-state index contributed by atoms with van der Waals surface area (Å²) >= 11 is 3.27. The number of amides is 1. The summed E-state index contributed by atoms with van der Waals surface area (Å²) in [7, 11) is 1.51. The standard InChI is InChI=1S/C13H12BrN3O2/c1-8-5-11(13(19-2)16-6-8)17-12(18)10-4-3-9(14)7-15-10/h3-7H,1-2H3,(H,17,18). The molecule has 0 spiro atoms. The molecule has 0 aliphatic rings. The van der Waals surface area contributed by atoms with Crippen LogP contribution in [0.3, 0.4) is 0 Å². The Morgan fingerprint density at radius 2 is 2.11 bits per heavy atom. The number of nitrogens with one attached hydrogen (secondary N) is 1. The van der Waals surface area contributed by atoms with E-state index in [2.05, 4.69) is 31.2 Å². The zero-order valence-electron chi connectivity index (χ0n) is 10.5. The Kier molecular flexibility index (Phi) is 4.11. The molecule has 98 valence electrons. The first-order chi connectivity index (χ1) is 9.10. The molecule has 2 aromatic rings. The number of carbonyl (C=O) groups excluding carboxylic acids is 1. The van der Waals surface area contributed by atoms with Crippen molar-refractivity contribution < 1.29 is 9.53 Å². The number of anilines is 1. The van der Waals surface area contributed by atoms with E-state index in [0.717, 1.165) is 10.0 Å². The second-order valence-electron chi connectivity index (χ2n) is 3.89. The fraction of sp³-hybridized carbons (Fsp3) is 0.154. The van der Waals surface area contributed by atoms with E-state index in [1.54, 1.807) is 30.6 Å². The zero-order chi connectivity index (χ0) is 13.8. The lowest BCUT2D eigenvalue weighted by molar-refractivity contribution is 0.102. The SMILES string of the molecule is COc1ncc(C)cc1NC(=O)c1ccc(Br)cn1. The molecule has 0 saturated carbocycles. The van der Waals surface area contributed by atoms with Crippen molar-refractivity contribution in [3.8, 4) is 5.88 Å². The molecule has 0 radical (unpaired) electrons. The van der Waals surface area contributed by atoms with Gasteiger partial charge >= 0.3 is 0 Å². The van der Waals surface area contributed by atoms with Gasteiger partial charge in [-0.1, -0.05) is 0 Å². The molecule has 6 heteroatoms. The molecule has 2 aromatic heterocycles. The molecule has 2 heterocycles. The molecule has 5 nitrogen and oxygen atoms in total. The van der Waals surface area contributed by atoms with Crippen LogP contribution in [0.2, 0.25) is 0 Å². The molecule has 0 atom stereocenters. The molecule has 0 aliphatic heterocycles. The van der Waals surface area contributed by atoms with Gasteiger partial charge in [-0.3, -0.25) is 4.79 Å². The molecular formula is C13H12BrN3O2. The van der Waals surface area contributed by atoms with Crippen LogP contribution in [0.15, 0.2) is 35.1 Å². The minimum atomic E-state index is -0.307. The van der Waals surface area contributed by atoms with E-state index < -0.39 is 0 Å². The molecular weight excluding hydrogens is 310 g/mol. The lowest BCUT2D eigenvalue weighted by Gasteiger charge is -2.09. The fourth-order valence-corrected chi connectivity index (χ4v) is 1.74. The molecule has 0 saturated heterocycles. The molecule has 0 bridgehead atoms. The maximum atomic E-state index is 12.0. The molecule has 0 aliphatic carbocycles. The summed E-state index contributed by atoms with van der Waals surface area (Å²) in [5.41, 5.74) is 1.78. The Morgan fingerprint density at radius 3 is 2.74 bits per heavy atom. The first-order valence-electron chi connectivity index (χ1n) is 5.53. The maximum Gasteiger partial charge on any atom is 0.274 e. The van der Waals surface area contributed by atoms with Crippen molar-refractivity contribution in [3.63, 3.8) is 0 Å². The maximum absolute atomic E-state index is 12.0. The summed E-state index contributed by atoms with van der Waals surface area (Å²) in [5, 5.41) is 2.73. The van der Waals surface area contributed by atoms with Gasteiger partial charge in [0.2, 0.25) is 5.88 Å². The predicted molar refractivity (Wildman–Crippen MR) is 75.4 cm³/mol. The van der Waals surface area contributed by atoms with E-state index in [9.17, 15) is 4.79 Å². The van der Waals surface area contributed by atoms with Crippen LogP contribution in [-0.2, 0) is 0 Å². The number of rotatable bonds is 3. The first-order valence-corrected chi connectivity index (χ1v) is 6.33. The lowest BCUT2D eigenvalue weighted by atomic mass is 10.2. The van der Waals surface area contributed by atoms with Crippen molar-refractivity contribution >= 4 is 27.5 Å². The van der Waals surface area contributed by atoms with Crippen molar-refractivity contribution in [2.24, 2.45) is 0 Å². The Bertz CT molecular complexity index is 599. The van der Waals surface area contributed by atoms with Crippen molar-refractivity contribution in [3.05, 3.63) is 46.3 Å². The number of aromatic nitrogens is 2. The van der Waals surface area contributed by atoms with Gasteiger partial charge in [0.1, 0.15) is 11.4 Å². The molecule has 1 amide bonds. The number of halogens is 1. The molecule has 0 fully saturated rings. The smallest absolute Gasteiger partial charge is 0.274 e. The topological polar surface area (TPSA) is 64.1 Å². The van der Waals surface area contributed by atoms with E-state index in [4.69, 9.17) is 4.74 Å². The van der Waals surface area contributed by atoms with E-state index in [-0.39, 0.29) is 5.91 Å². The number of hydrogen-bond donors (Lipinski definition) is 1. The highest BCUT2D eigenvalue weighted by atomic mass is 79.9. The van der Waals surface area contributed by atoms with Crippen LogP contribution < -0.4 is 10.1 Å². The minimum Gasteiger partial charge on any atom is -0.480 e. The van der Waals surface area contributed by atoms with E-state index in [1.165, 1.54) is 7.11 Å². The quantitative estimate of drug-likeness (QED) is 0.944. The van der Waals surface area contributed by atoms with Gasteiger partial charge < -0.3 is 10.1 Å². The van der Waals surface area contributed by atoms with Crippen molar-refractivity contribution in [1.82, 2.24) is 9.97 Å². The minimum absolute atomic E-state index is 0.307. The third-order valence-electron chi connectivity index (χ3n) is 2.39. The van der Waals surface area contributed by atoms with Gasteiger partial charge in [-0.05, 0) is 46.6 Å². The normalized spacial score (nSPS) is 10.1. The van der Waals surface area contributed by atoms with Crippen LogP contribution in [-0.4, -0.2) is 23.0 Å². The highest BCUT2D eigenvalue weighted by Crippen LogP contribution is 2.22. The number of methoxy groups -OCH3 is 1. The fourth-order valence-electron chi connectivity index (χ4n) is 1.51. The van der Waals surface area contributed by atoms with Crippen LogP contribution >= 0.6 is 15.9 Å². The highest BCUT2D eigenvalue weighted by Gasteiger charge is 2.11. The summed E-state index contributed by atoms with van der Waals surface area (Å²) < 4.78 is 5.92. The Labute approximate surface area is 119 Å². The summed E-state index contributed by atoms with van der Waals surface area (Å²) in [6.07, 6.45) is 3.24. The van der Waals surface area contributed by atoms with Crippen LogP contribution in [0.1, 0.15) is 16.1 Å². The third kappa shape index (κ3) is 3.29. The van der Waals surface area contributed by atoms with Crippen LogP contribution in [0.5, 0.6) is 5.88 Å². The van der Waals surface area contributed by atoms with Gasteiger partial charge in [-0.25, -0.2) is 9.97 Å². The Balaban J connectivity index is 2.23. The Hall–Kier alpha value is -1.95. The second kappa shape index (κ2) is 5.79. The number of ether oxygens (including phenoxy) is 1. The molecule has 0 aromatic carbocycles. The summed E-state index contributed by atoms with van der Waals surface area (Å²) in [6, 6.07) is 5.19. The van der Waals surface area contributed by atoms with Crippen molar-refractivity contribution in [2.45, 2.75) is 6.92 Å². The van der Waals surface area contributed by atoms with Gasteiger partial charge in [-0.2, -0.15) is 0 Å². The largest absolute Gasteiger partial charge is 0.480 e. The van der Waals surface area contributed by atoms with Gasteiger partial charge in [-0.15, -0.1) is 0 Å². The van der Waals surface area contributed by atoms with Crippen LogP contribution in [0, 0.1) is 6.92 Å². The van der Waals surface area contributed by atoms with E-state index in [1.807, 2.05) is 6.92 Å². The molecule has 19 heavy (non-hydrogen) atoms. The molecule has 2 rings (SSSR count). The monoisotopic (exact) mass is 321 g/mol. The average Bonchev–Trinajstić information content (AvgIpc) is 2.39. The number of pyridine rings is 2. The number of aryl methyl sites for hydroxylation is 1. The molecule has 0 unspecified atom stereocenters. The lowest BCUT2D eigenvalue weighted by Crippen LogP contribution is -2.14. The van der Waals surface area contributed by atoms with Gasteiger partial charge in [0, 0.05) is 16.9 Å². The summed E-state index contributed by atoms with van der Waals surface area (Å²) in [6.45, 7) is 1.89. The third-order valence-corrected chi connectivity index (χ3v) is 2.86. The molecule has 1 N–H and O–H groups in total. The highest BCUT2D eigenvalue weighted by molar-refractivity contribution is 9.10. The number of nitrogens with zero attached hydrogens (tertiary/aromatic N) is 2. The van der Waals surface area contributed by atoms with Crippen LogP contribution in [0.25, 0.3) is 0 Å². The van der Waals surface area contributed by atoms with E-state index in [0.29, 0.717) is 17.3 Å². The Morgan fingerprint density at radius 1 is 1.32 bits per heavy atom. The van der Waals surface area contributed by atoms with Crippen LogP contribution in [0.4, 0.5) is 5.69 Å². The number of hydrogen-bond acceptors (Lipinski definition) is 4. The predicted octanol–water partition coefficient (Wildman–Crippen LogP) is 2.81. The summed E-state index contributed by atoms with van der Waals surface area (Å²) in [4.78, 5) is 20.2. The number of carbonyl (C=O) groups is 1. The second-order valence-corrected chi connectivity index (χ2v) is 4.80. The van der Waals surface area contributed by atoms with Gasteiger partial charge in [0.15, 0.2) is 0 Å². The first kappa shape index (κ1) is 13.5. The van der Waals surface area contributed by atoms with Crippen molar-refractivity contribution in [2.75, 3.05) is 12.4 Å². The summed E-state index contributed by atoms with van der Waals surface area (Å²) in [5.74, 6) is 0.0641.